The van der Waals surface area contributed by atoms with Gasteiger partial charge in [0.15, 0.2) is 0 Å². The van der Waals surface area contributed by atoms with Crippen LogP contribution in [0.2, 0.25) is 0 Å². The second-order valence-electron chi connectivity index (χ2n) is 2.81. The lowest BCUT2D eigenvalue weighted by Crippen LogP contribution is -2.22. The maximum Gasteiger partial charge on any atom is 0.00388 e. The standard InChI is InChI=1S/C6H13N.C2H7N/c7-6-4-2-1-3-5-6;1-2-3/h6H,1-5,7H2;2-3H2,1H3. The second kappa shape index (κ2) is 7.03. The molecule has 1 saturated carbocycles. The zero-order chi connectivity index (χ0) is 7.82. The summed E-state index contributed by atoms with van der Waals surface area (Å²) in [4.78, 5) is 0. The molecule has 1 aliphatic carbocycles. The van der Waals surface area contributed by atoms with Crippen molar-refractivity contribution in [3.8, 4) is 0 Å². The highest BCUT2D eigenvalue weighted by molar-refractivity contribution is 4.66. The summed E-state index contributed by atoms with van der Waals surface area (Å²) in [7, 11) is 0. The molecule has 0 aromatic rings. The molecule has 0 spiro atoms. The quantitative estimate of drug-likeness (QED) is 0.537. The van der Waals surface area contributed by atoms with Gasteiger partial charge in [-0.05, 0) is 19.4 Å². The first-order chi connectivity index (χ1) is 4.81. The summed E-state index contributed by atoms with van der Waals surface area (Å²) in [5.41, 5.74) is 10.5. The van der Waals surface area contributed by atoms with E-state index in [-0.39, 0.29) is 0 Å². The van der Waals surface area contributed by atoms with Crippen molar-refractivity contribution in [1.82, 2.24) is 0 Å². The van der Waals surface area contributed by atoms with E-state index in [1.165, 1.54) is 32.1 Å². The smallest absolute Gasteiger partial charge is 0.00388 e. The Labute approximate surface area is 64.0 Å². The Morgan fingerprint density at radius 1 is 1.20 bits per heavy atom. The van der Waals surface area contributed by atoms with Crippen LogP contribution in [0.15, 0.2) is 0 Å². The first-order valence-corrected chi connectivity index (χ1v) is 4.27. The fourth-order valence-corrected chi connectivity index (χ4v) is 1.13. The molecule has 62 valence electrons. The highest BCUT2D eigenvalue weighted by Crippen LogP contribution is 2.14. The molecule has 0 bridgehead atoms. The lowest BCUT2D eigenvalue weighted by Gasteiger charge is -2.15. The summed E-state index contributed by atoms with van der Waals surface area (Å²) in [6.07, 6.45) is 6.66. The predicted octanol–water partition coefficient (Wildman–Crippen LogP) is 1.24. The molecule has 0 heterocycles. The third-order valence-corrected chi connectivity index (χ3v) is 1.65. The fourth-order valence-electron chi connectivity index (χ4n) is 1.13. The number of hydrogen-bond donors (Lipinski definition) is 2. The fraction of sp³-hybridized carbons (Fsp3) is 1.00. The predicted molar refractivity (Wildman–Crippen MR) is 45.8 cm³/mol. The molecule has 1 fully saturated rings. The van der Waals surface area contributed by atoms with E-state index in [0.717, 1.165) is 6.54 Å². The van der Waals surface area contributed by atoms with Gasteiger partial charge in [-0.25, -0.2) is 0 Å². The van der Waals surface area contributed by atoms with Crippen LogP contribution in [0.3, 0.4) is 0 Å². The van der Waals surface area contributed by atoms with Gasteiger partial charge in [0.1, 0.15) is 0 Å². The Bertz CT molecular complexity index is 58.3. The molecular formula is C8H20N2. The molecular weight excluding hydrogens is 124 g/mol. The molecule has 0 unspecified atom stereocenters. The summed E-state index contributed by atoms with van der Waals surface area (Å²) < 4.78 is 0. The van der Waals surface area contributed by atoms with Crippen molar-refractivity contribution in [1.29, 1.82) is 0 Å². The van der Waals surface area contributed by atoms with Crippen molar-refractivity contribution in [3.05, 3.63) is 0 Å². The van der Waals surface area contributed by atoms with Crippen molar-refractivity contribution in [2.45, 2.75) is 45.1 Å². The van der Waals surface area contributed by atoms with E-state index in [1.807, 2.05) is 6.92 Å². The molecule has 2 nitrogen and oxygen atoms in total. The summed E-state index contributed by atoms with van der Waals surface area (Å²) in [5, 5.41) is 0. The molecule has 0 aliphatic heterocycles. The molecule has 0 atom stereocenters. The molecule has 0 radical (unpaired) electrons. The van der Waals surface area contributed by atoms with Gasteiger partial charge in [0.05, 0.1) is 0 Å². The highest BCUT2D eigenvalue weighted by Gasteiger charge is 2.06. The normalized spacial score (nSPS) is 19.5. The van der Waals surface area contributed by atoms with E-state index in [0.29, 0.717) is 6.04 Å². The Hall–Kier alpha value is -0.0800. The van der Waals surface area contributed by atoms with Crippen LogP contribution in [-0.4, -0.2) is 12.6 Å². The van der Waals surface area contributed by atoms with Crippen LogP contribution in [0.4, 0.5) is 0 Å². The minimum atomic E-state index is 0.536. The lowest BCUT2D eigenvalue weighted by atomic mass is 9.97. The molecule has 1 rings (SSSR count). The summed E-state index contributed by atoms with van der Waals surface area (Å²) in [6, 6.07) is 0.536. The van der Waals surface area contributed by atoms with Gasteiger partial charge in [0.25, 0.3) is 0 Å². The highest BCUT2D eigenvalue weighted by atomic mass is 14.6. The molecule has 0 aromatic heterocycles. The van der Waals surface area contributed by atoms with E-state index < -0.39 is 0 Å². The van der Waals surface area contributed by atoms with Gasteiger partial charge in [0.2, 0.25) is 0 Å². The summed E-state index contributed by atoms with van der Waals surface area (Å²) in [6.45, 7) is 2.65. The third kappa shape index (κ3) is 6.05. The van der Waals surface area contributed by atoms with Gasteiger partial charge < -0.3 is 11.5 Å². The first-order valence-electron chi connectivity index (χ1n) is 4.27. The van der Waals surface area contributed by atoms with Gasteiger partial charge in [-0.1, -0.05) is 26.2 Å². The maximum absolute atomic E-state index is 5.63. The first kappa shape index (κ1) is 9.92. The van der Waals surface area contributed by atoms with Crippen LogP contribution in [0, 0.1) is 0 Å². The molecule has 0 amide bonds. The maximum atomic E-state index is 5.63. The van der Waals surface area contributed by atoms with Crippen LogP contribution in [0.25, 0.3) is 0 Å². The van der Waals surface area contributed by atoms with Crippen LogP contribution in [0.1, 0.15) is 39.0 Å². The summed E-state index contributed by atoms with van der Waals surface area (Å²) in [5.74, 6) is 0. The topological polar surface area (TPSA) is 52.0 Å². The number of hydrogen-bond acceptors (Lipinski definition) is 2. The second-order valence-corrected chi connectivity index (χ2v) is 2.81. The molecule has 0 saturated heterocycles. The van der Waals surface area contributed by atoms with E-state index in [1.54, 1.807) is 0 Å². The number of nitrogens with two attached hydrogens (primary N) is 2. The van der Waals surface area contributed by atoms with Crippen molar-refractivity contribution < 1.29 is 0 Å². The SMILES string of the molecule is CCN.NC1CCCCC1. The Morgan fingerprint density at radius 3 is 1.80 bits per heavy atom. The Morgan fingerprint density at radius 2 is 1.60 bits per heavy atom. The summed E-state index contributed by atoms with van der Waals surface area (Å²) >= 11 is 0. The van der Waals surface area contributed by atoms with Gasteiger partial charge >= 0.3 is 0 Å². The third-order valence-electron chi connectivity index (χ3n) is 1.65. The molecule has 10 heavy (non-hydrogen) atoms. The average molecular weight is 144 g/mol. The van der Waals surface area contributed by atoms with E-state index in [2.05, 4.69) is 0 Å². The minimum Gasteiger partial charge on any atom is -0.331 e. The molecule has 4 N–H and O–H groups in total. The molecule has 1 aliphatic rings. The average Bonchev–Trinajstić information content (AvgIpc) is 1.91. The van der Waals surface area contributed by atoms with Crippen molar-refractivity contribution >= 4 is 0 Å². The van der Waals surface area contributed by atoms with Crippen LogP contribution >= 0.6 is 0 Å². The zero-order valence-corrected chi connectivity index (χ0v) is 6.97. The minimum absolute atomic E-state index is 0.536. The largest absolute Gasteiger partial charge is 0.331 e. The molecule has 2 heteroatoms. The monoisotopic (exact) mass is 144 g/mol. The number of rotatable bonds is 0. The van der Waals surface area contributed by atoms with E-state index >= 15 is 0 Å². The van der Waals surface area contributed by atoms with Crippen molar-refractivity contribution in [3.63, 3.8) is 0 Å². The van der Waals surface area contributed by atoms with Gasteiger partial charge in [-0.15, -0.1) is 0 Å². The van der Waals surface area contributed by atoms with Crippen molar-refractivity contribution in [2.75, 3.05) is 6.54 Å². The van der Waals surface area contributed by atoms with Crippen LogP contribution in [0.5, 0.6) is 0 Å². The van der Waals surface area contributed by atoms with Gasteiger partial charge in [-0.2, -0.15) is 0 Å². The lowest BCUT2D eigenvalue weighted by molar-refractivity contribution is 0.441. The van der Waals surface area contributed by atoms with E-state index in [9.17, 15) is 0 Å². The zero-order valence-electron chi connectivity index (χ0n) is 6.97. The van der Waals surface area contributed by atoms with Crippen LogP contribution < -0.4 is 11.5 Å². The Kier molecular flexibility index (Phi) is 6.98. The molecule has 0 aromatic carbocycles. The van der Waals surface area contributed by atoms with Gasteiger partial charge in [0, 0.05) is 6.04 Å². The van der Waals surface area contributed by atoms with Crippen LogP contribution in [-0.2, 0) is 0 Å². The van der Waals surface area contributed by atoms with Crippen molar-refractivity contribution in [2.24, 2.45) is 11.5 Å². The Balaban J connectivity index is 0.000000236. The van der Waals surface area contributed by atoms with E-state index in [4.69, 9.17) is 11.5 Å². The van der Waals surface area contributed by atoms with Gasteiger partial charge in [-0.3, -0.25) is 0 Å².